The molecule has 0 aliphatic rings. The van der Waals surface area contributed by atoms with Crippen molar-refractivity contribution in [3.8, 4) is 33.6 Å². The predicted molar refractivity (Wildman–Crippen MR) is 187 cm³/mol. The van der Waals surface area contributed by atoms with Crippen LogP contribution in [0, 0.1) is 25.0 Å². The average Bonchev–Trinajstić information content (AvgIpc) is 2.97. The Morgan fingerprint density at radius 3 is 1.77 bits per heavy atom. The van der Waals surface area contributed by atoms with Crippen LogP contribution in [-0.2, 0) is 31.9 Å². The molecule has 0 aliphatic carbocycles. The molecule has 0 amide bonds. The maximum Gasteiger partial charge on any atom is 0.0798 e. The van der Waals surface area contributed by atoms with E-state index in [1.54, 1.807) is 0 Å². The summed E-state index contributed by atoms with van der Waals surface area (Å²) in [6, 6.07) is 35.9. The third kappa shape index (κ3) is 9.41. The van der Waals surface area contributed by atoms with Gasteiger partial charge in [-0.2, -0.15) is 0 Å². The Hall–Kier alpha value is -3.17. The van der Waals surface area contributed by atoms with Gasteiger partial charge in [0.15, 0.2) is 0 Å². The van der Waals surface area contributed by atoms with E-state index in [0.717, 1.165) is 28.9 Å². The van der Waals surface area contributed by atoms with E-state index in [1.807, 2.05) is 48.7 Å². The molecule has 1 radical (unpaired) electrons. The van der Waals surface area contributed by atoms with Gasteiger partial charge < -0.3 is 9.97 Å². The Kier molecular flexibility index (Phi) is 12.2. The van der Waals surface area contributed by atoms with Crippen LogP contribution in [0.15, 0.2) is 97.3 Å². The largest absolute Gasteiger partial charge is 0.305 e. The van der Waals surface area contributed by atoms with Gasteiger partial charge in [-0.25, -0.2) is 0 Å². The Morgan fingerprint density at radius 1 is 0.750 bits per heavy atom. The molecule has 5 aromatic rings. The number of benzene rings is 3. The first-order valence-corrected chi connectivity index (χ1v) is 18.8. The van der Waals surface area contributed by atoms with Gasteiger partial charge in [0, 0.05) is 32.5 Å². The predicted octanol–water partition coefficient (Wildman–Crippen LogP) is 10.1. The minimum Gasteiger partial charge on any atom is -0.305 e. The van der Waals surface area contributed by atoms with Crippen LogP contribution >= 0.6 is 0 Å². The van der Waals surface area contributed by atoms with Crippen molar-refractivity contribution in [2.24, 2.45) is 5.92 Å². The van der Waals surface area contributed by atoms with Crippen molar-refractivity contribution in [3.63, 3.8) is 0 Å². The Balaban J connectivity index is 0.000000238. The topological polar surface area (TPSA) is 25.8 Å². The molecule has 3 aromatic carbocycles. The van der Waals surface area contributed by atoms with E-state index < -0.39 is 8.07 Å². The molecule has 4 heteroatoms. The van der Waals surface area contributed by atoms with Crippen molar-refractivity contribution in [2.75, 3.05) is 0 Å². The fraction of sp³-hybridized carbons (Fsp3) is 0.300. The van der Waals surface area contributed by atoms with Crippen LogP contribution < -0.4 is 5.19 Å². The molecule has 0 saturated carbocycles. The number of pyridine rings is 2. The normalized spacial score (nSPS) is 11.4. The van der Waals surface area contributed by atoms with Crippen molar-refractivity contribution < 1.29 is 20.1 Å². The Labute approximate surface area is 280 Å². The standard InChI is InChI=1S/C22H22N.C18H24NSi.Ir/c1-16-15-23-21(18-8-6-5-7-9-18)14-20(16)17-10-12-19(13-11-17)22(2,3)4;1-14(2)11-16-12-17(15-9-7-6-8-10-15)19-13-18(16)20(3,4)5;/h5-8,10-15H,1-4H3;6-9,12-14H,11H2,1-5H3;/q2*-1;. The van der Waals surface area contributed by atoms with Gasteiger partial charge in [0.1, 0.15) is 0 Å². The van der Waals surface area contributed by atoms with E-state index in [1.165, 1.54) is 33.0 Å². The summed E-state index contributed by atoms with van der Waals surface area (Å²) >= 11 is 0. The zero-order valence-electron chi connectivity index (χ0n) is 27.7. The van der Waals surface area contributed by atoms with Gasteiger partial charge in [0.2, 0.25) is 0 Å². The Morgan fingerprint density at radius 2 is 1.30 bits per heavy atom. The van der Waals surface area contributed by atoms with Gasteiger partial charge in [-0.1, -0.05) is 96.2 Å². The van der Waals surface area contributed by atoms with E-state index in [4.69, 9.17) is 0 Å². The van der Waals surface area contributed by atoms with Crippen molar-refractivity contribution in [1.29, 1.82) is 0 Å². The molecule has 0 unspecified atom stereocenters. The van der Waals surface area contributed by atoms with Crippen molar-refractivity contribution in [2.45, 2.75) is 73.0 Å². The number of aromatic nitrogens is 2. The summed E-state index contributed by atoms with van der Waals surface area (Å²) in [5.74, 6) is 0.667. The number of nitrogens with zero attached hydrogens (tertiary/aromatic N) is 2. The number of aryl methyl sites for hydroxylation is 1. The molecule has 2 heterocycles. The SMILES string of the molecule is CC(C)Cc1cc(-c2[c-]cccc2)ncc1[Si](C)(C)C.Cc1cnc(-c2[c-]cccc2)cc1-c1ccc(C(C)(C)C)cc1.[Ir]. The van der Waals surface area contributed by atoms with Crippen LogP contribution in [0.25, 0.3) is 33.6 Å². The molecule has 0 N–H and O–H groups in total. The van der Waals surface area contributed by atoms with Gasteiger partial charge in [0.05, 0.1) is 8.07 Å². The van der Waals surface area contributed by atoms with Gasteiger partial charge >= 0.3 is 0 Å². The summed E-state index contributed by atoms with van der Waals surface area (Å²) < 4.78 is 0. The van der Waals surface area contributed by atoms with E-state index in [2.05, 4.69) is 132 Å². The quantitative estimate of drug-likeness (QED) is 0.127. The molecule has 5 rings (SSSR count). The van der Waals surface area contributed by atoms with E-state index in [0.29, 0.717) is 5.92 Å². The third-order valence-corrected chi connectivity index (χ3v) is 9.63. The first-order chi connectivity index (χ1) is 20.3. The molecule has 0 atom stereocenters. The number of hydrogen-bond donors (Lipinski definition) is 0. The fourth-order valence-electron chi connectivity index (χ4n) is 5.17. The average molecular weight is 775 g/mol. The molecular formula is C40H46IrN2Si-2. The monoisotopic (exact) mass is 775 g/mol. The number of hydrogen-bond acceptors (Lipinski definition) is 2. The van der Waals surface area contributed by atoms with Gasteiger partial charge in [-0.15, -0.1) is 71.8 Å². The minimum absolute atomic E-state index is 0. The second-order valence-electron chi connectivity index (χ2n) is 13.8. The maximum atomic E-state index is 4.69. The van der Waals surface area contributed by atoms with Crippen LogP contribution in [0.4, 0.5) is 0 Å². The van der Waals surface area contributed by atoms with Gasteiger partial charge in [0.25, 0.3) is 0 Å². The van der Waals surface area contributed by atoms with Crippen LogP contribution in [0.2, 0.25) is 19.6 Å². The molecule has 0 aliphatic heterocycles. The second kappa shape index (κ2) is 15.2. The van der Waals surface area contributed by atoms with Crippen LogP contribution in [-0.4, -0.2) is 18.0 Å². The molecular weight excluding hydrogens is 729 g/mol. The van der Waals surface area contributed by atoms with Crippen LogP contribution in [0.1, 0.15) is 51.3 Å². The maximum absolute atomic E-state index is 4.69. The summed E-state index contributed by atoms with van der Waals surface area (Å²) in [5.41, 5.74) is 10.8. The molecule has 44 heavy (non-hydrogen) atoms. The Bertz CT molecular complexity index is 1620. The smallest absolute Gasteiger partial charge is 0.0798 e. The van der Waals surface area contributed by atoms with Gasteiger partial charge in [-0.05, 0) is 63.5 Å². The minimum atomic E-state index is -1.34. The van der Waals surface area contributed by atoms with E-state index in [9.17, 15) is 0 Å². The first kappa shape index (κ1) is 35.3. The van der Waals surface area contributed by atoms with E-state index in [-0.39, 0.29) is 25.5 Å². The summed E-state index contributed by atoms with van der Waals surface area (Å²) in [5, 5.41) is 1.49. The molecule has 0 saturated heterocycles. The summed E-state index contributed by atoms with van der Waals surface area (Å²) in [7, 11) is -1.34. The van der Waals surface area contributed by atoms with Crippen LogP contribution in [0.5, 0.6) is 0 Å². The molecule has 0 spiro atoms. The zero-order chi connectivity index (χ0) is 31.2. The van der Waals surface area contributed by atoms with Crippen molar-refractivity contribution in [1.82, 2.24) is 9.97 Å². The first-order valence-electron chi connectivity index (χ1n) is 15.3. The summed E-state index contributed by atoms with van der Waals surface area (Å²) in [6.07, 6.45) is 5.19. The second-order valence-corrected chi connectivity index (χ2v) is 18.9. The molecule has 2 aromatic heterocycles. The van der Waals surface area contributed by atoms with Crippen molar-refractivity contribution in [3.05, 3.63) is 126 Å². The molecule has 0 fully saturated rings. The van der Waals surface area contributed by atoms with Crippen LogP contribution in [0.3, 0.4) is 0 Å². The fourth-order valence-corrected chi connectivity index (χ4v) is 6.75. The third-order valence-electron chi connectivity index (χ3n) is 7.56. The molecule has 231 valence electrons. The van der Waals surface area contributed by atoms with Gasteiger partial charge in [-0.3, -0.25) is 0 Å². The molecule has 2 nitrogen and oxygen atoms in total. The van der Waals surface area contributed by atoms with Crippen molar-refractivity contribution >= 4 is 13.3 Å². The summed E-state index contributed by atoms with van der Waals surface area (Å²) in [6.45, 7) is 20.6. The summed E-state index contributed by atoms with van der Waals surface area (Å²) in [4.78, 5) is 9.25. The zero-order valence-corrected chi connectivity index (χ0v) is 31.1. The molecule has 0 bridgehead atoms. The number of rotatable bonds is 6. The van der Waals surface area contributed by atoms with E-state index >= 15 is 0 Å².